The van der Waals surface area contributed by atoms with Crippen LogP contribution in [0.5, 0.6) is 5.75 Å². The van der Waals surface area contributed by atoms with Crippen LogP contribution >= 0.6 is 0 Å². The molecule has 4 aromatic rings. The fourth-order valence-electron chi connectivity index (χ4n) is 2.76. The molecule has 0 aliphatic rings. The molecule has 0 spiro atoms. The number of fused-ring (bicyclic) bond motifs is 1. The van der Waals surface area contributed by atoms with E-state index in [0.717, 1.165) is 17.0 Å². The molecule has 3 heterocycles. The highest BCUT2D eigenvalue weighted by molar-refractivity contribution is 5.96. The second-order valence-corrected chi connectivity index (χ2v) is 5.93. The van der Waals surface area contributed by atoms with E-state index in [0.29, 0.717) is 23.3 Å². The molecular weight excluding hydrogens is 342 g/mol. The van der Waals surface area contributed by atoms with Crippen molar-refractivity contribution in [3.05, 3.63) is 78.5 Å². The number of carbonyl (C=O) groups excluding carboxylic acids is 1. The Kier molecular flexibility index (Phi) is 4.49. The third kappa shape index (κ3) is 3.48. The normalized spacial score (nSPS) is 10.7. The van der Waals surface area contributed by atoms with Gasteiger partial charge in [-0.15, -0.1) is 0 Å². The van der Waals surface area contributed by atoms with E-state index >= 15 is 0 Å². The summed E-state index contributed by atoms with van der Waals surface area (Å²) >= 11 is 0. The van der Waals surface area contributed by atoms with Gasteiger partial charge in [0.1, 0.15) is 17.6 Å². The van der Waals surface area contributed by atoms with E-state index in [-0.39, 0.29) is 5.91 Å². The fraction of sp³-hybridized carbons (Fsp3) is 0.100. The van der Waals surface area contributed by atoms with Crippen molar-refractivity contribution >= 4 is 17.1 Å². The first-order valence-corrected chi connectivity index (χ1v) is 8.39. The van der Waals surface area contributed by atoms with Gasteiger partial charge in [0.25, 0.3) is 5.91 Å². The lowest BCUT2D eigenvalue weighted by Gasteiger charge is -2.07. The summed E-state index contributed by atoms with van der Waals surface area (Å²) < 4.78 is 7.12. The summed E-state index contributed by atoms with van der Waals surface area (Å²) in [5.41, 5.74) is 3.60. The molecule has 4 rings (SSSR count). The van der Waals surface area contributed by atoms with E-state index in [2.05, 4.69) is 20.3 Å². The molecular formula is C20H17N5O2. The summed E-state index contributed by atoms with van der Waals surface area (Å²) in [6, 6.07) is 13.1. The smallest absolute Gasteiger partial charge is 0.253 e. The summed E-state index contributed by atoms with van der Waals surface area (Å²) in [6.07, 6.45) is 6.66. The largest absolute Gasteiger partial charge is 0.497 e. The lowest BCUT2D eigenvalue weighted by molar-refractivity contribution is 0.0950. The number of hydrogen-bond acceptors (Lipinski definition) is 5. The zero-order valence-electron chi connectivity index (χ0n) is 14.7. The Balaban J connectivity index is 1.57. The molecule has 7 nitrogen and oxygen atoms in total. The maximum atomic E-state index is 12.4. The third-order valence-corrected chi connectivity index (χ3v) is 4.16. The van der Waals surface area contributed by atoms with Crippen LogP contribution in [-0.2, 0) is 6.54 Å². The number of nitrogens with one attached hydrogen (secondary N) is 1. The number of imidazole rings is 1. The average molecular weight is 359 g/mol. The van der Waals surface area contributed by atoms with E-state index in [9.17, 15) is 4.79 Å². The lowest BCUT2D eigenvalue weighted by atomic mass is 10.2. The second kappa shape index (κ2) is 7.25. The zero-order valence-corrected chi connectivity index (χ0v) is 14.7. The van der Waals surface area contributed by atoms with Gasteiger partial charge in [-0.3, -0.25) is 14.3 Å². The minimum absolute atomic E-state index is 0.204. The van der Waals surface area contributed by atoms with Gasteiger partial charge in [-0.2, -0.15) is 0 Å². The van der Waals surface area contributed by atoms with Crippen LogP contribution < -0.4 is 10.1 Å². The summed E-state index contributed by atoms with van der Waals surface area (Å²) in [5.74, 6) is 0.546. The highest BCUT2D eigenvalue weighted by atomic mass is 16.5. The topological polar surface area (TPSA) is 81.9 Å². The van der Waals surface area contributed by atoms with Crippen LogP contribution in [0.25, 0.3) is 16.9 Å². The van der Waals surface area contributed by atoms with Crippen molar-refractivity contribution in [2.75, 3.05) is 7.11 Å². The number of nitrogens with zero attached hydrogens (tertiary/aromatic N) is 4. The van der Waals surface area contributed by atoms with Gasteiger partial charge in [0.15, 0.2) is 5.65 Å². The number of ether oxygens (including phenoxy) is 1. The fourth-order valence-corrected chi connectivity index (χ4v) is 2.76. The van der Waals surface area contributed by atoms with Crippen LogP contribution in [-0.4, -0.2) is 32.5 Å². The Hall–Kier alpha value is -3.74. The molecule has 0 saturated heterocycles. The van der Waals surface area contributed by atoms with Gasteiger partial charge >= 0.3 is 0 Å². The number of pyridine rings is 2. The van der Waals surface area contributed by atoms with Crippen LogP contribution in [0.2, 0.25) is 0 Å². The van der Waals surface area contributed by atoms with E-state index in [1.807, 2.05) is 41.0 Å². The molecule has 27 heavy (non-hydrogen) atoms. The quantitative estimate of drug-likeness (QED) is 0.592. The summed E-state index contributed by atoms with van der Waals surface area (Å²) in [6.45, 7) is 0.406. The molecule has 7 heteroatoms. The summed E-state index contributed by atoms with van der Waals surface area (Å²) in [7, 11) is 1.62. The van der Waals surface area contributed by atoms with Gasteiger partial charge in [-0.25, -0.2) is 9.97 Å². The lowest BCUT2D eigenvalue weighted by Crippen LogP contribution is -2.23. The Morgan fingerprint density at radius 3 is 2.89 bits per heavy atom. The second-order valence-electron chi connectivity index (χ2n) is 5.93. The van der Waals surface area contributed by atoms with Gasteiger partial charge in [-0.1, -0.05) is 12.1 Å². The predicted octanol–water partition coefficient (Wildman–Crippen LogP) is 2.75. The monoisotopic (exact) mass is 359 g/mol. The minimum Gasteiger partial charge on any atom is -0.497 e. The average Bonchev–Trinajstić information content (AvgIpc) is 3.16. The molecule has 1 aromatic carbocycles. The molecule has 0 fully saturated rings. The van der Waals surface area contributed by atoms with E-state index in [4.69, 9.17) is 4.74 Å². The van der Waals surface area contributed by atoms with Gasteiger partial charge in [0.05, 0.1) is 18.4 Å². The van der Waals surface area contributed by atoms with Crippen molar-refractivity contribution in [1.82, 2.24) is 24.8 Å². The first kappa shape index (κ1) is 16.7. The maximum Gasteiger partial charge on any atom is 0.253 e. The molecule has 0 saturated carbocycles. The zero-order chi connectivity index (χ0) is 18.6. The molecule has 0 atom stereocenters. The van der Waals surface area contributed by atoms with Gasteiger partial charge in [0, 0.05) is 31.2 Å². The summed E-state index contributed by atoms with van der Waals surface area (Å²) in [5, 5.41) is 2.86. The minimum atomic E-state index is -0.204. The number of methoxy groups -OCH3 is 1. The number of rotatable bonds is 5. The van der Waals surface area contributed by atoms with Crippen molar-refractivity contribution in [2.24, 2.45) is 0 Å². The molecule has 0 bridgehead atoms. The van der Waals surface area contributed by atoms with Crippen molar-refractivity contribution in [3.8, 4) is 11.4 Å². The molecule has 0 aliphatic heterocycles. The highest BCUT2D eigenvalue weighted by Gasteiger charge is 2.12. The molecule has 0 aliphatic carbocycles. The number of aromatic nitrogens is 4. The summed E-state index contributed by atoms with van der Waals surface area (Å²) in [4.78, 5) is 25.3. The predicted molar refractivity (Wildman–Crippen MR) is 101 cm³/mol. The molecule has 1 N–H and O–H groups in total. The van der Waals surface area contributed by atoms with Crippen molar-refractivity contribution < 1.29 is 9.53 Å². The first-order chi connectivity index (χ1) is 13.2. The SMILES string of the molecule is COc1cccc(-n2cnc3cc(C(=O)NCc4cccnc4)cnc32)c1. The van der Waals surface area contributed by atoms with Crippen LogP contribution in [0.15, 0.2) is 67.4 Å². The van der Waals surface area contributed by atoms with Crippen molar-refractivity contribution in [1.29, 1.82) is 0 Å². The van der Waals surface area contributed by atoms with Crippen LogP contribution in [0.3, 0.4) is 0 Å². The number of hydrogen-bond donors (Lipinski definition) is 1. The van der Waals surface area contributed by atoms with Crippen LogP contribution in [0.1, 0.15) is 15.9 Å². The number of amides is 1. The molecule has 3 aromatic heterocycles. The first-order valence-electron chi connectivity index (χ1n) is 8.39. The Labute approximate surface area is 155 Å². The number of carbonyl (C=O) groups is 1. The number of benzene rings is 1. The Morgan fingerprint density at radius 2 is 2.07 bits per heavy atom. The Morgan fingerprint density at radius 1 is 1.15 bits per heavy atom. The van der Waals surface area contributed by atoms with Crippen molar-refractivity contribution in [3.63, 3.8) is 0 Å². The van der Waals surface area contributed by atoms with E-state index < -0.39 is 0 Å². The van der Waals surface area contributed by atoms with Crippen LogP contribution in [0, 0.1) is 0 Å². The maximum absolute atomic E-state index is 12.4. The molecule has 1 amide bonds. The van der Waals surface area contributed by atoms with E-state index in [1.54, 1.807) is 38.1 Å². The molecule has 0 unspecified atom stereocenters. The van der Waals surface area contributed by atoms with Crippen molar-refractivity contribution in [2.45, 2.75) is 6.54 Å². The van der Waals surface area contributed by atoms with Gasteiger partial charge in [0.2, 0.25) is 0 Å². The standard InChI is InChI=1S/C20H17N5O2/c1-27-17-6-2-5-16(9-17)25-13-24-18-8-15(12-22-19(18)25)20(26)23-11-14-4-3-7-21-10-14/h2-10,12-13H,11H2,1H3,(H,23,26). The van der Waals surface area contributed by atoms with E-state index in [1.165, 1.54) is 0 Å². The highest BCUT2D eigenvalue weighted by Crippen LogP contribution is 2.21. The Bertz CT molecular complexity index is 1090. The van der Waals surface area contributed by atoms with Gasteiger partial charge in [-0.05, 0) is 29.8 Å². The third-order valence-electron chi connectivity index (χ3n) is 4.16. The van der Waals surface area contributed by atoms with Crippen LogP contribution in [0.4, 0.5) is 0 Å². The molecule has 134 valence electrons. The molecule has 0 radical (unpaired) electrons. The van der Waals surface area contributed by atoms with Gasteiger partial charge < -0.3 is 10.1 Å².